The minimum atomic E-state index is -3.51. The van der Waals surface area contributed by atoms with Crippen LogP contribution in [0.25, 0.3) is 0 Å². The van der Waals surface area contributed by atoms with E-state index in [1.54, 1.807) is 18.2 Å². The molecule has 134 valence electrons. The molecule has 0 aromatic heterocycles. The summed E-state index contributed by atoms with van der Waals surface area (Å²) >= 11 is 10.3. The van der Waals surface area contributed by atoms with E-state index in [4.69, 9.17) is 24.4 Å². The third-order valence-electron chi connectivity index (χ3n) is 2.95. The summed E-state index contributed by atoms with van der Waals surface area (Å²) in [6.07, 6.45) is 0. The van der Waals surface area contributed by atoms with Crippen molar-refractivity contribution < 1.29 is 8.42 Å². The number of rotatable bonds is 4. The second-order valence-electron chi connectivity index (χ2n) is 5.60. The molecular weight excluding hydrogens is 366 g/mol. The second-order valence-corrected chi connectivity index (χ2v) is 8.56. The molecule has 7 nitrogen and oxygen atoms in total. The second kappa shape index (κ2) is 8.56. The van der Waals surface area contributed by atoms with Crippen LogP contribution in [-0.2, 0) is 10.0 Å². The lowest BCUT2D eigenvalue weighted by molar-refractivity contribution is 0.521. The standard InChI is InChI=1S/C14H23N5O2S3/c1-9(2)15-13(22)17-18-14(23)16-12-8-11(7-6-10(12)3)24(20,21)19(4)5/h6-9H,1-5H3,(H2,15,17,22)(H2,16,18,23). The Morgan fingerprint density at radius 2 is 1.71 bits per heavy atom. The van der Waals surface area contributed by atoms with E-state index in [2.05, 4.69) is 21.5 Å². The van der Waals surface area contributed by atoms with Crippen molar-refractivity contribution in [2.24, 2.45) is 0 Å². The normalized spacial score (nSPS) is 11.3. The van der Waals surface area contributed by atoms with Gasteiger partial charge in [0.1, 0.15) is 0 Å². The Bertz CT molecular complexity index is 717. The molecule has 0 aliphatic heterocycles. The smallest absolute Gasteiger partial charge is 0.242 e. The molecule has 0 heterocycles. The quantitative estimate of drug-likeness (QED) is 0.453. The first kappa shape index (κ1) is 20.6. The van der Waals surface area contributed by atoms with Crippen LogP contribution in [0.3, 0.4) is 0 Å². The van der Waals surface area contributed by atoms with Crippen molar-refractivity contribution in [3.8, 4) is 0 Å². The molecule has 0 saturated carbocycles. The minimum Gasteiger partial charge on any atom is -0.359 e. The van der Waals surface area contributed by atoms with Gasteiger partial charge in [0, 0.05) is 25.8 Å². The van der Waals surface area contributed by atoms with Crippen LogP contribution in [0.2, 0.25) is 0 Å². The summed E-state index contributed by atoms with van der Waals surface area (Å²) in [5.74, 6) is 0. The van der Waals surface area contributed by atoms with Crippen molar-refractivity contribution in [1.82, 2.24) is 20.5 Å². The lowest BCUT2D eigenvalue weighted by Gasteiger charge is -2.18. The Morgan fingerprint density at radius 1 is 1.12 bits per heavy atom. The van der Waals surface area contributed by atoms with E-state index in [0.717, 1.165) is 9.87 Å². The van der Waals surface area contributed by atoms with E-state index in [-0.39, 0.29) is 16.0 Å². The highest BCUT2D eigenvalue weighted by Gasteiger charge is 2.18. The van der Waals surface area contributed by atoms with Gasteiger partial charge in [-0.2, -0.15) is 0 Å². The molecule has 0 unspecified atom stereocenters. The largest absolute Gasteiger partial charge is 0.359 e. The van der Waals surface area contributed by atoms with Crippen LogP contribution in [0.4, 0.5) is 5.69 Å². The van der Waals surface area contributed by atoms with Gasteiger partial charge in [-0.25, -0.2) is 12.7 Å². The number of benzene rings is 1. The molecule has 1 aromatic carbocycles. The van der Waals surface area contributed by atoms with Crippen LogP contribution in [0, 0.1) is 6.92 Å². The molecular formula is C14H23N5O2S3. The van der Waals surface area contributed by atoms with E-state index in [9.17, 15) is 8.42 Å². The zero-order valence-corrected chi connectivity index (χ0v) is 16.7. The maximum Gasteiger partial charge on any atom is 0.242 e. The number of hydrazine groups is 1. The number of nitrogens with zero attached hydrogens (tertiary/aromatic N) is 1. The molecule has 0 aliphatic rings. The first-order chi connectivity index (χ1) is 11.0. The maximum absolute atomic E-state index is 12.2. The number of anilines is 1. The molecule has 0 fully saturated rings. The lowest BCUT2D eigenvalue weighted by atomic mass is 10.2. The molecule has 0 radical (unpaired) electrons. The summed E-state index contributed by atoms with van der Waals surface area (Å²) in [5.41, 5.74) is 6.97. The van der Waals surface area contributed by atoms with Gasteiger partial charge < -0.3 is 10.6 Å². The Kier molecular flexibility index (Phi) is 7.33. The summed E-state index contributed by atoms with van der Waals surface area (Å²) in [6, 6.07) is 5.03. The van der Waals surface area contributed by atoms with Gasteiger partial charge >= 0.3 is 0 Å². The van der Waals surface area contributed by atoms with E-state index < -0.39 is 10.0 Å². The average Bonchev–Trinajstić information content (AvgIpc) is 2.46. The molecule has 0 atom stereocenters. The van der Waals surface area contributed by atoms with Crippen molar-refractivity contribution in [1.29, 1.82) is 0 Å². The third kappa shape index (κ3) is 5.86. The number of thiocarbonyl (C=S) groups is 2. The third-order valence-corrected chi connectivity index (χ3v) is 5.18. The van der Waals surface area contributed by atoms with Crippen LogP contribution >= 0.6 is 24.4 Å². The highest BCUT2D eigenvalue weighted by atomic mass is 32.2. The molecule has 0 aliphatic carbocycles. The number of aryl methyl sites for hydroxylation is 1. The van der Waals surface area contributed by atoms with Crippen LogP contribution in [0.5, 0.6) is 0 Å². The zero-order valence-electron chi connectivity index (χ0n) is 14.3. The fraction of sp³-hybridized carbons (Fsp3) is 0.429. The van der Waals surface area contributed by atoms with Crippen molar-refractivity contribution in [3.63, 3.8) is 0 Å². The Balaban J connectivity index is 2.81. The monoisotopic (exact) mass is 389 g/mol. The molecule has 0 saturated heterocycles. The summed E-state index contributed by atoms with van der Waals surface area (Å²) in [6.45, 7) is 5.78. The van der Waals surface area contributed by atoms with E-state index in [1.165, 1.54) is 14.1 Å². The lowest BCUT2D eigenvalue weighted by Crippen LogP contribution is -2.49. The Morgan fingerprint density at radius 3 is 2.25 bits per heavy atom. The molecule has 4 N–H and O–H groups in total. The maximum atomic E-state index is 12.2. The summed E-state index contributed by atoms with van der Waals surface area (Å²) in [5, 5.41) is 6.64. The number of sulfonamides is 1. The molecule has 0 bridgehead atoms. The number of hydrogen-bond acceptors (Lipinski definition) is 4. The van der Waals surface area contributed by atoms with Gasteiger partial charge in [-0.3, -0.25) is 10.9 Å². The van der Waals surface area contributed by atoms with Crippen LogP contribution in [0.15, 0.2) is 23.1 Å². The Labute approximate surface area is 154 Å². The predicted octanol–water partition coefficient (Wildman–Crippen LogP) is 1.32. The van der Waals surface area contributed by atoms with Crippen LogP contribution < -0.4 is 21.5 Å². The zero-order chi connectivity index (χ0) is 18.5. The fourth-order valence-electron chi connectivity index (χ4n) is 1.67. The molecule has 1 aromatic rings. The molecule has 0 spiro atoms. The minimum absolute atomic E-state index is 0.188. The van der Waals surface area contributed by atoms with Crippen molar-refractivity contribution >= 4 is 50.4 Å². The van der Waals surface area contributed by atoms with Gasteiger partial charge in [-0.15, -0.1) is 0 Å². The van der Waals surface area contributed by atoms with Gasteiger partial charge in [0.25, 0.3) is 0 Å². The molecule has 0 amide bonds. The van der Waals surface area contributed by atoms with E-state index in [0.29, 0.717) is 10.8 Å². The van der Waals surface area contributed by atoms with E-state index >= 15 is 0 Å². The van der Waals surface area contributed by atoms with Gasteiger partial charge in [0.05, 0.1) is 4.90 Å². The summed E-state index contributed by atoms with van der Waals surface area (Å²) in [7, 11) is -0.534. The Hall–Kier alpha value is -1.49. The number of nitrogens with one attached hydrogen (secondary N) is 4. The van der Waals surface area contributed by atoms with Gasteiger partial charge in [0.2, 0.25) is 10.0 Å². The summed E-state index contributed by atoms with van der Waals surface area (Å²) in [4.78, 5) is 0.188. The van der Waals surface area contributed by atoms with E-state index in [1.807, 2.05) is 20.8 Å². The van der Waals surface area contributed by atoms with Crippen molar-refractivity contribution in [3.05, 3.63) is 23.8 Å². The molecule has 1 rings (SSSR count). The molecule has 24 heavy (non-hydrogen) atoms. The summed E-state index contributed by atoms with van der Waals surface area (Å²) < 4.78 is 25.6. The van der Waals surface area contributed by atoms with Crippen LogP contribution in [0.1, 0.15) is 19.4 Å². The van der Waals surface area contributed by atoms with Crippen molar-refractivity contribution in [2.45, 2.75) is 31.7 Å². The molecule has 10 heteroatoms. The van der Waals surface area contributed by atoms with Crippen molar-refractivity contribution in [2.75, 3.05) is 19.4 Å². The van der Waals surface area contributed by atoms with Gasteiger partial charge in [-0.1, -0.05) is 6.07 Å². The number of hydrogen-bond donors (Lipinski definition) is 4. The highest BCUT2D eigenvalue weighted by molar-refractivity contribution is 7.89. The topological polar surface area (TPSA) is 85.5 Å². The predicted molar refractivity (Wildman–Crippen MR) is 105 cm³/mol. The first-order valence-corrected chi connectivity index (χ1v) is 9.46. The van der Waals surface area contributed by atoms with Gasteiger partial charge in [-0.05, 0) is 62.9 Å². The van der Waals surface area contributed by atoms with Crippen LogP contribution in [-0.4, -0.2) is 43.1 Å². The average molecular weight is 390 g/mol. The fourth-order valence-corrected chi connectivity index (χ4v) is 3.05. The van der Waals surface area contributed by atoms with Gasteiger partial charge in [0.15, 0.2) is 10.2 Å². The first-order valence-electron chi connectivity index (χ1n) is 7.20. The SMILES string of the molecule is Cc1ccc(S(=O)(=O)N(C)C)cc1NC(=S)NNC(=S)NC(C)C. The highest BCUT2D eigenvalue weighted by Crippen LogP contribution is 2.21.